The van der Waals surface area contributed by atoms with Gasteiger partial charge in [-0.3, -0.25) is 14.5 Å². The Labute approximate surface area is 140 Å². The van der Waals surface area contributed by atoms with Crippen molar-refractivity contribution < 1.29 is 9.59 Å². The minimum atomic E-state index is -0.0814. The van der Waals surface area contributed by atoms with E-state index in [1.54, 1.807) is 23.1 Å². The van der Waals surface area contributed by atoms with Crippen molar-refractivity contribution in [1.82, 2.24) is 15.1 Å². The third-order valence-corrected chi connectivity index (χ3v) is 3.95. The lowest BCUT2D eigenvalue weighted by molar-refractivity contribution is -0.122. The summed E-state index contributed by atoms with van der Waals surface area (Å²) in [6.07, 6.45) is 0. The van der Waals surface area contributed by atoms with Gasteiger partial charge in [-0.2, -0.15) is 0 Å². The van der Waals surface area contributed by atoms with Crippen LogP contribution in [0, 0.1) is 0 Å². The average Bonchev–Trinajstić information content (AvgIpc) is 2.46. The van der Waals surface area contributed by atoms with E-state index in [2.05, 4.69) is 5.32 Å². The summed E-state index contributed by atoms with van der Waals surface area (Å²) in [6, 6.07) is 4.85. The zero-order chi connectivity index (χ0) is 16.1. The Kier molecular flexibility index (Phi) is 6.06. The number of piperazine rings is 1. The summed E-state index contributed by atoms with van der Waals surface area (Å²) in [5.74, 6) is -0.0639. The van der Waals surface area contributed by atoms with Crippen LogP contribution in [-0.4, -0.2) is 60.9 Å². The van der Waals surface area contributed by atoms with Crippen LogP contribution in [0.3, 0.4) is 0 Å². The first-order valence-corrected chi connectivity index (χ1v) is 7.99. The number of carbonyl (C=O) groups excluding carboxylic acids is 2. The van der Waals surface area contributed by atoms with Gasteiger partial charge in [0.15, 0.2) is 0 Å². The van der Waals surface area contributed by atoms with Gasteiger partial charge >= 0.3 is 0 Å². The van der Waals surface area contributed by atoms with Crippen LogP contribution in [0.4, 0.5) is 0 Å². The summed E-state index contributed by atoms with van der Waals surface area (Å²) < 4.78 is 0. The molecule has 120 valence electrons. The van der Waals surface area contributed by atoms with Crippen LogP contribution < -0.4 is 5.32 Å². The topological polar surface area (TPSA) is 52.7 Å². The lowest BCUT2D eigenvalue weighted by Crippen LogP contribution is -2.51. The molecule has 0 atom stereocenters. The van der Waals surface area contributed by atoms with E-state index < -0.39 is 0 Å². The molecule has 0 spiro atoms. The molecule has 2 amide bonds. The fourth-order valence-corrected chi connectivity index (χ4v) is 2.95. The minimum absolute atomic E-state index is 0.0175. The molecule has 0 saturated carbocycles. The Morgan fingerprint density at radius 1 is 1.09 bits per heavy atom. The molecule has 5 nitrogen and oxygen atoms in total. The summed E-state index contributed by atoms with van der Waals surface area (Å²) in [7, 11) is 0. The molecule has 2 rings (SSSR count). The van der Waals surface area contributed by atoms with Crippen LogP contribution in [0.5, 0.6) is 0 Å². The smallest absolute Gasteiger partial charge is 0.254 e. The van der Waals surface area contributed by atoms with Gasteiger partial charge in [-0.1, -0.05) is 23.2 Å². The number of rotatable bonds is 4. The van der Waals surface area contributed by atoms with Crippen molar-refractivity contribution in [2.24, 2.45) is 0 Å². The van der Waals surface area contributed by atoms with Crippen LogP contribution >= 0.6 is 23.2 Å². The normalized spacial score (nSPS) is 15.7. The number of hydrogen-bond donors (Lipinski definition) is 1. The third-order valence-electron chi connectivity index (χ3n) is 3.51. The molecule has 0 bridgehead atoms. The Balaban J connectivity index is 1.91. The molecule has 1 aliphatic heterocycles. The second kappa shape index (κ2) is 7.81. The van der Waals surface area contributed by atoms with Crippen molar-refractivity contribution in [3.8, 4) is 0 Å². The molecule has 7 heteroatoms. The molecule has 1 saturated heterocycles. The van der Waals surface area contributed by atoms with E-state index in [1.807, 2.05) is 11.8 Å². The molecular formula is C15H19Cl2N3O2. The highest BCUT2D eigenvalue weighted by atomic mass is 35.5. The van der Waals surface area contributed by atoms with Crippen molar-refractivity contribution in [1.29, 1.82) is 0 Å². The zero-order valence-corrected chi connectivity index (χ0v) is 14.0. The van der Waals surface area contributed by atoms with Crippen LogP contribution in [0.25, 0.3) is 0 Å². The molecule has 1 aromatic carbocycles. The standard InChI is InChI=1S/C15H19Cl2N3O2/c1-2-18-14(21)10-19-3-5-20(6-4-19)15(22)11-7-12(16)9-13(17)8-11/h7-9H,2-6,10H2,1H3,(H,18,21). The molecule has 0 aromatic heterocycles. The lowest BCUT2D eigenvalue weighted by Gasteiger charge is -2.34. The van der Waals surface area contributed by atoms with Gasteiger partial charge in [0.1, 0.15) is 0 Å². The number of likely N-dealkylation sites (N-methyl/N-ethyl adjacent to an activating group) is 1. The first-order chi connectivity index (χ1) is 10.5. The second-order valence-electron chi connectivity index (χ2n) is 5.18. The molecule has 1 N–H and O–H groups in total. The first kappa shape index (κ1) is 17.1. The Hall–Kier alpha value is -1.30. The monoisotopic (exact) mass is 343 g/mol. The van der Waals surface area contributed by atoms with Crippen molar-refractivity contribution in [2.45, 2.75) is 6.92 Å². The Morgan fingerprint density at radius 3 is 2.23 bits per heavy atom. The van der Waals surface area contributed by atoms with E-state index in [1.165, 1.54) is 0 Å². The number of carbonyl (C=O) groups is 2. The van der Waals surface area contributed by atoms with E-state index in [0.717, 1.165) is 0 Å². The first-order valence-electron chi connectivity index (χ1n) is 7.24. The minimum Gasteiger partial charge on any atom is -0.355 e. The van der Waals surface area contributed by atoms with Crippen LogP contribution in [-0.2, 0) is 4.79 Å². The molecular weight excluding hydrogens is 325 g/mol. The quantitative estimate of drug-likeness (QED) is 0.908. The van der Waals surface area contributed by atoms with Crippen LogP contribution in [0.2, 0.25) is 10.0 Å². The summed E-state index contributed by atoms with van der Waals surface area (Å²) >= 11 is 11.9. The maximum Gasteiger partial charge on any atom is 0.254 e. The van der Waals surface area contributed by atoms with Crippen LogP contribution in [0.1, 0.15) is 17.3 Å². The highest BCUT2D eigenvalue weighted by Gasteiger charge is 2.23. The van der Waals surface area contributed by atoms with Crippen molar-refractivity contribution in [3.63, 3.8) is 0 Å². The predicted octanol–water partition coefficient (Wildman–Crippen LogP) is 1.89. The van der Waals surface area contributed by atoms with Crippen LogP contribution in [0.15, 0.2) is 18.2 Å². The highest BCUT2D eigenvalue weighted by molar-refractivity contribution is 6.35. The number of halogens is 2. The lowest BCUT2D eigenvalue weighted by atomic mass is 10.2. The predicted molar refractivity (Wildman–Crippen MR) is 87.5 cm³/mol. The number of nitrogens with one attached hydrogen (secondary N) is 1. The summed E-state index contributed by atoms with van der Waals surface area (Å²) in [5.41, 5.74) is 0.495. The van der Waals surface area contributed by atoms with Gasteiger partial charge in [0.05, 0.1) is 6.54 Å². The van der Waals surface area contributed by atoms with Gasteiger partial charge in [-0.05, 0) is 25.1 Å². The van der Waals surface area contributed by atoms with Crippen molar-refractivity contribution in [3.05, 3.63) is 33.8 Å². The SMILES string of the molecule is CCNC(=O)CN1CCN(C(=O)c2cc(Cl)cc(Cl)c2)CC1. The highest BCUT2D eigenvalue weighted by Crippen LogP contribution is 2.20. The zero-order valence-electron chi connectivity index (χ0n) is 12.4. The van der Waals surface area contributed by atoms with Gasteiger partial charge in [0.2, 0.25) is 5.91 Å². The maximum absolute atomic E-state index is 12.4. The van der Waals surface area contributed by atoms with Gasteiger partial charge in [0, 0.05) is 48.3 Å². The van der Waals surface area contributed by atoms with Crippen molar-refractivity contribution >= 4 is 35.0 Å². The van der Waals surface area contributed by atoms with Gasteiger partial charge in [-0.15, -0.1) is 0 Å². The summed E-state index contributed by atoms with van der Waals surface area (Å²) in [4.78, 5) is 27.8. The molecule has 1 aliphatic rings. The largest absolute Gasteiger partial charge is 0.355 e. The second-order valence-corrected chi connectivity index (χ2v) is 6.05. The fourth-order valence-electron chi connectivity index (χ4n) is 2.43. The molecule has 22 heavy (non-hydrogen) atoms. The summed E-state index contributed by atoms with van der Waals surface area (Å²) in [5, 5.41) is 3.67. The molecule has 1 heterocycles. The molecule has 1 aromatic rings. The van der Waals surface area contributed by atoms with Gasteiger partial charge in [0.25, 0.3) is 5.91 Å². The molecule has 0 unspecified atom stereocenters. The van der Waals surface area contributed by atoms with E-state index in [9.17, 15) is 9.59 Å². The maximum atomic E-state index is 12.4. The third kappa shape index (κ3) is 4.60. The Bertz CT molecular complexity index is 537. The van der Waals surface area contributed by atoms with Crippen molar-refractivity contribution in [2.75, 3.05) is 39.3 Å². The van der Waals surface area contributed by atoms with E-state index >= 15 is 0 Å². The number of amides is 2. The number of nitrogens with zero attached hydrogens (tertiary/aromatic N) is 2. The number of benzene rings is 1. The molecule has 0 aliphatic carbocycles. The summed E-state index contributed by atoms with van der Waals surface area (Å²) in [6.45, 7) is 5.43. The van der Waals surface area contributed by atoms with Gasteiger partial charge < -0.3 is 10.2 Å². The Morgan fingerprint density at radius 2 is 1.68 bits per heavy atom. The number of hydrogen-bond acceptors (Lipinski definition) is 3. The molecule has 0 radical (unpaired) electrons. The molecule has 1 fully saturated rings. The van der Waals surface area contributed by atoms with E-state index in [-0.39, 0.29) is 11.8 Å². The van der Waals surface area contributed by atoms with E-state index in [0.29, 0.717) is 54.9 Å². The van der Waals surface area contributed by atoms with Gasteiger partial charge in [-0.25, -0.2) is 0 Å². The fraction of sp³-hybridized carbons (Fsp3) is 0.467. The average molecular weight is 344 g/mol. The van der Waals surface area contributed by atoms with E-state index in [4.69, 9.17) is 23.2 Å².